The highest BCUT2D eigenvalue weighted by atomic mass is 32.1. The van der Waals surface area contributed by atoms with Gasteiger partial charge in [-0.2, -0.15) is 0 Å². The summed E-state index contributed by atoms with van der Waals surface area (Å²) < 4.78 is 23.3. The van der Waals surface area contributed by atoms with Crippen molar-refractivity contribution in [2.24, 2.45) is 0 Å². The summed E-state index contributed by atoms with van der Waals surface area (Å²) in [5.74, 6) is -0.518. The van der Waals surface area contributed by atoms with Crippen LogP contribution in [0.3, 0.4) is 0 Å². The van der Waals surface area contributed by atoms with Crippen LogP contribution in [0.25, 0.3) is 0 Å². The highest BCUT2D eigenvalue weighted by molar-refractivity contribution is 7.80. The van der Waals surface area contributed by atoms with E-state index in [4.69, 9.17) is 9.47 Å². The first-order valence-electron chi connectivity index (χ1n) is 5.29. The van der Waals surface area contributed by atoms with Crippen LogP contribution in [0, 0.1) is 5.82 Å². The highest BCUT2D eigenvalue weighted by Gasteiger charge is 2.17. The molecule has 1 N–H and O–H groups in total. The van der Waals surface area contributed by atoms with Crippen molar-refractivity contribution in [2.45, 2.75) is 31.3 Å². The molecule has 1 aromatic carbocycles. The molecule has 0 aromatic heterocycles. The van der Waals surface area contributed by atoms with Crippen LogP contribution < -0.4 is 10.1 Å². The summed E-state index contributed by atoms with van der Waals surface area (Å²) in [6.45, 7) is 5.22. The van der Waals surface area contributed by atoms with E-state index in [0.29, 0.717) is 4.90 Å². The maximum atomic E-state index is 13.5. The van der Waals surface area contributed by atoms with Gasteiger partial charge in [0.25, 0.3) is 0 Å². The fraction of sp³-hybridized carbons (Fsp3) is 0.417. The van der Waals surface area contributed by atoms with Crippen molar-refractivity contribution in [3.63, 3.8) is 0 Å². The van der Waals surface area contributed by atoms with Gasteiger partial charge in [0, 0.05) is 11.0 Å². The zero-order valence-electron chi connectivity index (χ0n) is 10.7. The molecule has 1 amide bonds. The van der Waals surface area contributed by atoms with Crippen LogP contribution >= 0.6 is 12.6 Å². The molecule has 0 aliphatic heterocycles. The van der Waals surface area contributed by atoms with Crippen molar-refractivity contribution >= 4 is 24.4 Å². The van der Waals surface area contributed by atoms with Crippen molar-refractivity contribution in [3.8, 4) is 5.75 Å². The molecule has 0 unspecified atom stereocenters. The number of halogens is 1. The Kier molecular flexibility index (Phi) is 4.45. The molecule has 0 heterocycles. The van der Waals surface area contributed by atoms with Crippen molar-refractivity contribution in [2.75, 3.05) is 12.4 Å². The van der Waals surface area contributed by atoms with E-state index in [1.54, 1.807) is 20.8 Å². The van der Waals surface area contributed by atoms with Gasteiger partial charge in [-0.15, -0.1) is 12.6 Å². The van der Waals surface area contributed by atoms with Crippen LogP contribution in [-0.2, 0) is 4.74 Å². The van der Waals surface area contributed by atoms with Gasteiger partial charge in [-0.25, -0.2) is 9.18 Å². The zero-order chi connectivity index (χ0) is 13.9. The zero-order valence-corrected chi connectivity index (χ0v) is 11.6. The van der Waals surface area contributed by atoms with Crippen molar-refractivity contribution in [1.82, 2.24) is 0 Å². The molecule has 0 aliphatic rings. The van der Waals surface area contributed by atoms with Gasteiger partial charge in [-0.1, -0.05) is 0 Å². The number of thiol groups is 1. The van der Waals surface area contributed by atoms with Crippen LogP contribution in [0.2, 0.25) is 0 Å². The van der Waals surface area contributed by atoms with E-state index in [1.807, 2.05) is 0 Å². The first-order valence-corrected chi connectivity index (χ1v) is 5.74. The van der Waals surface area contributed by atoms with Gasteiger partial charge in [0.1, 0.15) is 5.60 Å². The summed E-state index contributed by atoms with van der Waals surface area (Å²) in [6.07, 6.45) is -0.664. The third kappa shape index (κ3) is 4.10. The summed E-state index contributed by atoms with van der Waals surface area (Å²) in [5, 5.41) is 2.43. The topological polar surface area (TPSA) is 47.6 Å². The Hall–Kier alpha value is -1.43. The molecule has 0 atom stereocenters. The normalized spacial score (nSPS) is 11.0. The number of carbonyl (C=O) groups is 1. The standard InChI is InChI=1S/C12H16FNO3S/c1-12(2,3)17-11(15)14-8-5-7(13)9(16-4)6-10(8)18/h5-6,18H,1-4H3,(H,14,15). The molecular weight excluding hydrogens is 257 g/mol. The second-order valence-electron chi connectivity index (χ2n) is 4.63. The van der Waals surface area contributed by atoms with Crippen molar-refractivity contribution < 1.29 is 18.7 Å². The van der Waals surface area contributed by atoms with Crippen LogP contribution in [0.4, 0.5) is 14.9 Å². The lowest BCUT2D eigenvalue weighted by atomic mass is 10.2. The molecule has 4 nitrogen and oxygen atoms in total. The fourth-order valence-electron chi connectivity index (χ4n) is 1.21. The molecule has 1 aromatic rings. The van der Waals surface area contributed by atoms with Crippen LogP contribution in [-0.4, -0.2) is 18.8 Å². The maximum absolute atomic E-state index is 13.5. The molecule has 0 spiro atoms. The van der Waals surface area contributed by atoms with Gasteiger partial charge in [0.2, 0.25) is 0 Å². The smallest absolute Gasteiger partial charge is 0.412 e. The summed E-state index contributed by atoms with van der Waals surface area (Å²) in [5.41, 5.74) is -0.392. The molecule has 1 rings (SSSR count). The van der Waals surface area contributed by atoms with Crippen molar-refractivity contribution in [1.29, 1.82) is 0 Å². The van der Waals surface area contributed by atoms with E-state index in [-0.39, 0.29) is 11.4 Å². The first kappa shape index (κ1) is 14.6. The second-order valence-corrected chi connectivity index (χ2v) is 5.11. The van der Waals surface area contributed by atoms with Crippen LogP contribution in [0.1, 0.15) is 20.8 Å². The average Bonchev–Trinajstić information content (AvgIpc) is 2.20. The third-order valence-corrected chi connectivity index (χ3v) is 2.28. The summed E-state index contributed by atoms with van der Waals surface area (Å²) in [7, 11) is 1.35. The minimum absolute atomic E-state index is 0.0646. The SMILES string of the molecule is COc1cc(S)c(NC(=O)OC(C)(C)C)cc1F. The van der Waals surface area contributed by atoms with E-state index < -0.39 is 17.5 Å². The van der Waals surface area contributed by atoms with Crippen molar-refractivity contribution in [3.05, 3.63) is 17.9 Å². The van der Waals surface area contributed by atoms with Gasteiger partial charge in [0.05, 0.1) is 12.8 Å². The number of benzene rings is 1. The lowest BCUT2D eigenvalue weighted by molar-refractivity contribution is 0.0635. The summed E-state index contributed by atoms with van der Waals surface area (Å²) in [4.78, 5) is 11.9. The molecular formula is C12H16FNO3S. The largest absolute Gasteiger partial charge is 0.494 e. The quantitative estimate of drug-likeness (QED) is 0.811. The number of anilines is 1. The lowest BCUT2D eigenvalue weighted by Gasteiger charge is -2.20. The van der Waals surface area contributed by atoms with Gasteiger partial charge < -0.3 is 9.47 Å². The Morgan fingerprint density at radius 3 is 2.50 bits per heavy atom. The van der Waals surface area contributed by atoms with E-state index in [1.165, 1.54) is 13.2 Å². The fourth-order valence-corrected chi connectivity index (χ4v) is 1.45. The first-order chi connectivity index (χ1) is 8.23. The molecule has 0 radical (unpaired) electrons. The monoisotopic (exact) mass is 273 g/mol. The number of rotatable bonds is 2. The van der Waals surface area contributed by atoms with Gasteiger partial charge in [-0.05, 0) is 26.8 Å². The number of nitrogens with one attached hydrogen (secondary N) is 1. The number of amides is 1. The Balaban J connectivity index is 2.86. The average molecular weight is 273 g/mol. The summed E-state index contributed by atoms with van der Waals surface area (Å²) >= 11 is 4.14. The van der Waals surface area contributed by atoms with E-state index >= 15 is 0 Å². The molecule has 100 valence electrons. The Morgan fingerprint density at radius 2 is 2.00 bits per heavy atom. The lowest BCUT2D eigenvalue weighted by Crippen LogP contribution is -2.27. The highest BCUT2D eigenvalue weighted by Crippen LogP contribution is 2.28. The molecule has 0 aliphatic carbocycles. The molecule has 18 heavy (non-hydrogen) atoms. The minimum Gasteiger partial charge on any atom is -0.494 e. The Morgan fingerprint density at radius 1 is 1.39 bits per heavy atom. The van der Waals surface area contributed by atoms with Gasteiger partial charge in [0.15, 0.2) is 11.6 Å². The number of carbonyl (C=O) groups excluding carboxylic acids is 1. The number of ether oxygens (including phenoxy) is 2. The number of hydrogen-bond acceptors (Lipinski definition) is 4. The molecule has 0 bridgehead atoms. The van der Waals surface area contributed by atoms with Crippen LogP contribution in [0.15, 0.2) is 17.0 Å². The predicted molar refractivity (Wildman–Crippen MR) is 70.1 cm³/mol. The molecule has 0 saturated heterocycles. The van der Waals surface area contributed by atoms with E-state index in [2.05, 4.69) is 17.9 Å². The summed E-state index contributed by atoms with van der Waals surface area (Å²) in [6, 6.07) is 2.51. The van der Waals surface area contributed by atoms with Gasteiger partial charge in [-0.3, -0.25) is 5.32 Å². The molecule has 0 saturated carbocycles. The number of methoxy groups -OCH3 is 1. The molecule has 0 fully saturated rings. The van der Waals surface area contributed by atoms with Gasteiger partial charge >= 0.3 is 6.09 Å². The number of hydrogen-bond donors (Lipinski definition) is 2. The predicted octanol–water partition coefficient (Wildman–Crippen LogP) is 3.47. The Labute approximate surface area is 111 Å². The van der Waals surface area contributed by atoms with E-state index in [9.17, 15) is 9.18 Å². The maximum Gasteiger partial charge on any atom is 0.412 e. The van der Waals surface area contributed by atoms with Crippen LogP contribution in [0.5, 0.6) is 5.75 Å². The third-order valence-electron chi connectivity index (χ3n) is 1.91. The van der Waals surface area contributed by atoms with E-state index in [0.717, 1.165) is 6.07 Å². The minimum atomic E-state index is -0.664. The Bertz CT molecular complexity index is 457. The molecule has 6 heteroatoms. The second kappa shape index (κ2) is 5.48.